The summed E-state index contributed by atoms with van der Waals surface area (Å²) < 4.78 is 11.5. The van der Waals surface area contributed by atoms with E-state index < -0.39 is 29.9 Å². The first kappa shape index (κ1) is 26.6. The lowest BCUT2D eigenvalue weighted by Gasteiger charge is -2.29. The van der Waals surface area contributed by atoms with Crippen LogP contribution in [-0.4, -0.2) is 31.6 Å². The normalized spacial score (nSPS) is 20.7. The van der Waals surface area contributed by atoms with Crippen LogP contribution in [0.4, 0.5) is 11.4 Å². The fraction of sp³-hybridized carbons (Fsp3) is 0.286. The second kappa shape index (κ2) is 11.0. The van der Waals surface area contributed by atoms with Gasteiger partial charge in [-0.1, -0.05) is 54.2 Å². The van der Waals surface area contributed by atoms with E-state index in [0.717, 1.165) is 23.3 Å². The van der Waals surface area contributed by atoms with Crippen LogP contribution < -0.4 is 19.4 Å². The zero-order valence-corrected chi connectivity index (χ0v) is 23.0. The number of amides is 2. The number of carbonyl (C=O) groups is 2. The zero-order chi connectivity index (χ0) is 27.0. The largest absolute Gasteiger partial charge is 0.493 e. The van der Waals surface area contributed by atoms with E-state index in [1.165, 1.54) is 6.07 Å². The van der Waals surface area contributed by atoms with Crippen molar-refractivity contribution in [3.8, 4) is 11.5 Å². The van der Waals surface area contributed by atoms with Crippen molar-refractivity contribution in [2.24, 2.45) is 5.92 Å². The second-order valence-electron chi connectivity index (χ2n) is 9.02. The van der Waals surface area contributed by atoms with Gasteiger partial charge >= 0.3 is 0 Å². The van der Waals surface area contributed by atoms with Gasteiger partial charge in [-0.3, -0.25) is 14.4 Å². The Balaban J connectivity index is 1.55. The van der Waals surface area contributed by atoms with Gasteiger partial charge in [0.2, 0.25) is 5.91 Å². The molecule has 0 saturated carbocycles. The summed E-state index contributed by atoms with van der Waals surface area (Å²) in [7, 11) is 1.56. The standard InChI is InChI=1S/C28H25Cl3N2O5/c1-3-4-13-37-22-12-5-16(14-23(22)36-2)25-24-26(38-33(25)18-8-6-17(29)7-9-18)28(35)32(27(24)34)19-10-11-20(30)21(31)15-19/h5-12,14-15,24-26H,3-4,13H2,1-2H3/t24-,25+,26+/m1/s1. The number of nitrogens with zero attached hydrogens (tertiary/aromatic N) is 2. The van der Waals surface area contributed by atoms with Crippen molar-refractivity contribution in [3.63, 3.8) is 0 Å². The number of benzene rings is 3. The van der Waals surface area contributed by atoms with Crippen molar-refractivity contribution in [3.05, 3.63) is 81.3 Å². The number of halogens is 3. The van der Waals surface area contributed by atoms with Crippen molar-refractivity contribution in [2.75, 3.05) is 23.7 Å². The number of unbranched alkanes of at least 4 members (excludes halogenated alkanes) is 1. The predicted octanol–water partition coefficient (Wildman–Crippen LogP) is 6.89. The van der Waals surface area contributed by atoms with Crippen molar-refractivity contribution < 1.29 is 23.9 Å². The number of hydroxylamine groups is 1. The molecule has 2 aliphatic heterocycles. The molecule has 7 nitrogen and oxygen atoms in total. The molecule has 0 N–H and O–H groups in total. The summed E-state index contributed by atoms with van der Waals surface area (Å²) in [4.78, 5) is 34.7. The molecule has 2 fully saturated rings. The van der Waals surface area contributed by atoms with Gasteiger partial charge in [0.1, 0.15) is 5.92 Å². The van der Waals surface area contributed by atoms with Crippen molar-refractivity contribution in [1.29, 1.82) is 0 Å². The van der Waals surface area contributed by atoms with E-state index in [9.17, 15) is 9.59 Å². The molecule has 38 heavy (non-hydrogen) atoms. The Kier molecular flexibility index (Phi) is 7.73. The topological polar surface area (TPSA) is 68.3 Å². The lowest BCUT2D eigenvalue weighted by molar-refractivity contribution is -0.126. The van der Waals surface area contributed by atoms with Crippen LogP contribution in [0.5, 0.6) is 11.5 Å². The van der Waals surface area contributed by atoms with Crippen LogP contribution in [0.25, 0.3) is 0 Å². The van der Waals surface area contributed by atoms with Crippen molar-refractivity contribution >= 4 is 58.0 Å². The third-order valence-electron chi connectivity index (χ3n) is 6.64. The Morgan fingerprint density at radius 2 is 1.61 bits per heavy atom. The van der Waals surface area contributed by atoms with Crippen LogP contribution in [-0.2, 0) is 14.4 Å². The minimum absolute atomic E-state index is 0.241. The van der Waals surface area contributed by atoms with E-state index in [4.69, 9.17) is 49.1 Å². The average molecular weight is 576 g/mol. The van der Waals surface area contributed by atoms with Gasteiger partial charge in [0, 0.05) is 5.02 Å². The molecule has 2 amide bonds. The molecule has 3 aromatic carbocycles. The van der Waals surface area contributed by atoms with Gasteiger partial charge in [0.25, 0.3) is 5.91 Å². The zero-order valence-electron chi connectivity index (χ0n) is 20.7. The van der Waals surface area contributed by atoms with Gasteiger partial charge in [-0.05, 0) is 66.6 Å². The van der Waals surface area contributed by atoms with Crippen LogP contribution in [0.2, 0.25) is 15.1 Å². The van der Waals surface area contributed by atoms with Gasteiger partial charge in [-0.15, -0.1) is 0 Å². The molecule has 10 heteroatoms. The van der Waals surface area contributed by atoms with Gasteiger partial charge in [-0.2, -0.15) is 0 Å². The maximum absolute atomic E-state index is 13.8. The number of fused-ring (bicyclic) bond motifs is 1. The number of carbonyl (C=O) groups excluding carboxylic acids is 2. The van der Waals surface area contributed by atoms with Crippen LogP contribution in [0.15, 0.2) is 60.7 Å². The predicted molar refractivity (Wildman–Crippen MR) is 147 cm³/mol. The smallest absolute Gasteiger partial charge is 0.266 e. The number of anilines is 2. The SMILES string of the molecule is CCCCOc1ccc([C@H]2[C@H]3C(=O)N(c4ccc(Cl)c(Cl)c4)C(=O)[C@H]3ON2c2ccc(Cl)cc2)cc1OC. The lowest BCUT2D eigenvalue weighted by atomic mass is 9.90. The van der Waals surface area contributed by atoms with E-state index in [-0.39, 0.29) is 5.02 Å². The average Bonchev–Trinajstić information content (AvgIpc) is 3.42. The fourth-order valence-corrected chi connectivity index (χ4v) is 5.18. The molecule has 198 valence electrons. The van der Waals surface area contributed by atoms with Crippen LogP contribution >= 0.6 is 34.8 Å². The third-order valence-corrected chi connectivity index (χ3v) is 7.63. The summed E-state index contributed by atoms with van der Waals surface area (Å²) in [6, 6.07) is 16.5. The van der Waals surface area contributed by atoms with Crippen molar-refractivity contribution in [2.45, 2.75) is 31.9 Å². The number of hydrogen-bond acceptors (Lipinski definition) is 6. The molecule has 0 spiro atoms. The highest BCUT2D eigenvalue weighted by Crippen LogP contribution is 2.49. The quantitative estimate of drug-likeness (QED) is 0.215. The molecular weight excluding hydrogens is 551 g/mol. The number of methoxy groups -OCH3 is 1. The number of rotatable bonds is 8. The maximum Gasteiger partial charge on any atom is 0.266 e. The number of ether oxygens (including phenoxy) is 2. The molecule has 2 saturated heterocycles. The molecule has 5 rings (SSSR count). The van der Waals surface area contributed by atoms with E-state index in [1.54, 1.807) is 48.6 Å². The molecular formula is C28H25Cl3N2O5. The van der Waals surface area contributed by atoms with E-state index in [2.05, 4.69) is 6.92 Å². The summed E-state index contributed by atoms with van der Waals surface area (Å²) in [6.45, 7) is 2.65. The second-order valence-corrected chi connectivity index (χ2v) is 10.3. The summed E-state index contributed by atoms with van der Waals surface area (Å²) in [5.41, 5.74) is 1.71. The molecule has 3 aromatic rings. The minimum atomic E-state index is -1.04. The highest BCUT2D eigenvalue weighted by atomic mass is 35.5. The monoisotopic (exact) mass is 574 g/mol. The highest BCUT2D eigenvalue weighted by Gasteiger charge is 2.60. The summed E-state index contributed by atoms with van der Waals surface area (Å²) in [5, 5.41) is 2.72. The molecule has 0 aliphatic carbocycles. The Bertz CT molecular complexity index is 1370. The van der Waals surface area contributed by atoms with Gasteiger partial charge in [-0.25, -0.2) is 9.96 Å². The number of hydrogen-bond donors (Lipinski definition) is 0. The minimum Gasteiger partial charge on any atom is -0.493 e. The Labute approximate surface area is 235 Å². The highest BCUT2D eigenvalue weighted by molar-refractivity contribution is 6.42. The van der Waals surface area contributed by atoms with Gasteiger partial charge < -0.3 is 9.47 Å². The first-order chi connectivity index (χ1) is 18.3. The maximum atomic E-state index is 13.8. The fourth-order valence-electron chi connectivity index (χ4n) is 4.76. The molecule has 0 radical (unpaired) electrons. The van der Waals surface area contributed by atoms with Crippen LogP contribution in [0, 0.1) is 5.92 Å². The lowest BCUT2D eigenvalue weighted by Crippen LogP contribution is -2.37. The Hall–Kier alpha value is -2.97. The molecule has 2 heterocycles. The molecule has 0 aromatic heterocycles. The Morgan fingerprint density at radius 3 is 2.29 bits per heavy atom. The molecule has 0 unspecified atom stereocenters. The summed E-state index contributed by atoms with van der Waals surface area (Å²) >= 11 is 18.3. The summed E-state index contributed by atoms with van der Waals surface area (Å²) in [5.74, 6) is -0.585. The summed E-state index contributed by atoms with van der Waals surface area (Å²) in [6.07, 6.45) is 0.880. The van der Waals surface area contributed by atoms with E-state index in [0.29, 0.717) is 39.5 Å². The first-order valence-electron chi connectivity index (χ1n) is 12.2. The van der Waals surface area contributed by atoms with Crippen LogP contribution in [0.1, 0.15) is 31.4 Å². The molecule has 3 atom stereocenters. The Morgan fingerprint density at radius 1 is 0.868 bits per heavy atom. The van der Waals surface area contributed by atoms with Crippen molar-refractivity contribution in [1.82, 2.24) is 0 Å². The van der Waals surface area contributed by atoms with E-state index in [1.807, 2.05) is 18.2 Å². The van der Waals surface area contributed by atoms with Crippen LogP contribution in [0.3, 0.4) is 0 Å². The number of imide groups is 1. The molecule has 2 aliphatic rings. The first-order valence-corrected chi connectivity index (χ1v) is 13.3. The van der Waals surface area contributed by atoms with E-state index >= 15 is 0 Å². The van der Waals surface area contributed by atoms with Gasteiger partial charge in [0.15, 0.2) is 17.6 Å². The third kappa shape index (κ3) is 4.80. The molecule has 0 bridgehead atoms. The van der Waals surface area contributed by atoms with Gasteiger partial charge in [0.05, 0.1) is 41.2 Å².